The molecule has 0 spiro atoms. The SMILES string of the molecule is CCCN1C(=O)C(=O)/C(=C(\O)c2ccc(OCC)c(C)c2)C1c1ccc(OC)c(O)c1. The van der Waals surface area contributed by atoms with Crippen molar-refractivity contribution in [3.63, 3.8) is 0 Å². The number of ether oxygens (including phenoxy) is 2. The Kier molecular flexibility index (Phi) is 6.53. The molecule has 0 bridgehead atoms. The number of carbonyl (C=O) groups is 2. The molecule has 31 heavy (non-hydrogen) atoms. The summed E-state index contributed by atoms with van der Waals surface area (Å²) in [6, 6.07) is 8.98. The minimum Gasteiger partial charge on any atom is -0.507 e. The standard InChI is InChI=1S/C24H27NO6/c1-5-11-25-21(15-7-10-19(30-4)17(26)13-15)20(23(28)24(25)29)22(27)16-8-9-18(31-6-2)14(3)12-16/h7-10,12-13,21,26-27H,5-6,11H2,1-4H3/b22-20-. The fourth-order valence-corrected chi connectivity index (χ4v) is 3.84. The van der Waals surface area contributed by atoms with Crippen molar-refractivity contribution >= 4 is 17.4 Å². The normalized spacial score (nSPS) is 17.8. The van der Waals surface area contributed by atoms with Crippen molar-refractivity contribution in [2.75, 3.05) is 20.3 Å². The van der Waals surface area contributed by atoms with Crippen LogP contribution in [0.1, 0.15) is 43.0 Å². The van der Waals surface area contributed by atoms with Gasteiger partial charge in [0.15, 0.2) is 11.5 Å². The number of hydrogen-bond donors (Lipinski definition) is 2. The Hall–Kier alpha value is -3.48. The van der Waals surface area contributed by atoms with Gasteiger partial charge in [-0.1, -0.05) is 13.0 Å². The van der Waals surface area contributed by atoms with E-state index >= 15 is 0 Å². The van der Waals surface area contributed by atoms with Crippen LogP contribution in [-0.4, -0.2) is 47.1 Å². The summed E-state index contributed by atoms with van der Waals surface area (Å²) in [6.45, 7) is 6.47. The molecule has 2 aromatic carbocycles. The van der Waals surface area contributed by atoms with Crippen LogP contribution in [0.15, 0.2) is 42.0 Å². The number of rotatable bonds is 7. The number of hydrogen-bond acceptors (Lipinski definition) is 6. The van der Waals surface area contributed by atoms with Crippen LogP contribution in [0, 0.1) is 6.92 Å². The van der Waals surface area contributed by atoms with Crippen molar-refractivity contribution in [1.82, 2.24) is 4.90 Å². The molecule has 0 radical (unpaired) electrons. The molecule has 1 atom stereocenters. The average Bonchev–Trinajstić information content (AvgIpc) is 3.00. The van der Waals surface area contributed by atoms with E-state index in [1.165, 1.54) is 18.1 Å². The Labute approximate surface area is 181 Å². The molecule has 0 aromatic heterocycles. The van der Waals surface area contributed by atoms with E-state index in [2.05, 4.69) is 0 Å². The number of aromatic hydroxyl groups is 1. The quantitative estimate of drug-likeness (QED) is 0.396. The first-order chi connectivity index (χ1) is 14.8. The molecule has 1 aliphatic heterocycles. The van der Waals surface area contributed by atoms with Crippen LogP contribution in [0.25, 0.3) is 5.76 Å². The highest BCUT2D eigenvalue weighted by molar-refractivity contribution is 6.46. The molecule has 0 saturated carbocycles. The number of phenols is 1. The van der Waals surface area contributed by atoms with E-state index in [-0.39, 0.29) is 22.8 Å². The van der Waals surface area contributed by atoms with Gasteiger partial charge in [0, 0.05) is 12.1 Å². The van der Waals surface area contributed by atoms with Crippen molar-refractivity contribution in [3.05, 3.63) is 58.7 Å². The first-order valence-electron chi connectivity index (χ1n) is 10.2. The molecule has 0 aliphatic carbocycles. The summed E-state index contributed by atoms with van der Waals surface area (Å²) >= 11 is 0. The Morgan fingerprint density at radius 2 is 1.81 bits per heavy atom. The summed E-state index contributed by atoms with van der Waals surface area (Å²) < 4.78 is 10.6. The Morgan fingerprint density at radius 3 is 2.39 bits per heavy atom. The molecular weight excluding hydrogens is 398 g/mol. The highest BCUT2D eigenvalue weighted by Gasteiger charge is 2.45. The zero-order valence-electron chi connectivity index (χ0n) is 18.1. The van der Waals surface area contributed by atoms with Crippen LogP contribution in [0.4, 0.5) is 0 Å². The van der Waals surface area contributed by atoms with E-state index in [0.29, 0.717) is 36.4 Å². The molecule has 7 heteroatoms. The summed E-state index contributed by atoms with van der Waals surface area (Å²) in [6.07, 6.45) is 0.633. The van der Waals surface area contributed by atoms with Gasteiger partial charge in [-0.15, -0.1) is 0 Å². The molecule has 2 N–H and O–H groups in total. The monoisotopic (exact) mass is 425 g/mol. The van der Waals surface area contributed by atoms with Gasteiger partial charge in [0.1, 0.15) is 11.5 Å². The van der Waals surface area contributed by atoms with Gasteiger partial charge in [-0.2, -0.15) is 0 Å². The minimum atomic E-state index is -0.816. The maximum Gasteiger partial charge on any atom is 0.295 e. The maximum absolute atomic E-state index is 12.9. The van der Waals surface area contributed by atoms with Crippen molar-refractivity contribution in [1.29, 1.82) is 0 Å². The van der Waals surface area contributed by atoms with Crippen LogP contribution in [-0.2, 0) is 9.59 Å². The number of methoxy groups -OCH3 is 1. The number of phenolic OH excluding ortho intramolecular Hbond substituents is 1. The third-order valence-corrected chi connectivity index (χ3v) is 5.27. The van der Waals surface area contributed by atoms with E-state index in [0.717, 1.165) is 5.56 Å². The summed E-state index contributed by atoms with van der Waals surface area (Å²) in [5.41, 5.74) is 1.72. The highest BCUT2D eigenvalue weighted by atomic mass is 16.5. The van der Waals surface area contributed by atoms with Gasteiger partial charge in [0.25, 0.3) is 11.7 Å². The van der Waals surface area contributed by atoms with E-state index in [1.54, 1.807) is 30.3 Å². The molecule has 7 nitrogen and oxygen atoms in total. The van der Waals surface area contributed by atoms with E-state index in [1.807, 2.05) is 20.8 Å². The van der Waals surface area contributed by atoms with Crippen LogP contribution >= 0.6 is 0 Å². The molecule has 1 heterocycles. The molecule has 1 saturated heterocycles. The summed E-state index contributed by atoms with van der Waals surface area (Å²) in [5.74, 6) is -0.841. The van der Waals surface area contributed by atoms with Gasteiger partial charge in [-0.3, -0.25) is 9.59 Å². The second-order valence-electron chi connectivity index (χ2n) is 7.34. The maximum atomic E-state index is 12.9. The second kappa shape index (κ2) is 9.12. The van der Waals surface area contributed by atoms with Crippen LogP contribution in [0.5, 0.6) is 17.2 Å². The van der Waals surface area contributed by atoms with Gasteiger partial charge in [-0.25, -0.2) is 0 Å². The lowest BCUT2D eigenvalue weighted by molar-refractivity contribution is -0.139. The van der Waals surface area contributed by atoms with Crippen LogP contribution < -0.4 is 9.47 Å². The van der Waals surface area contributed by atoms with Crippen molar-refractivity contribution < 1.29 is 29.3 Å². The molecule has 1 fully saturated rings. The van der Waals surface area contributed by atoms with E-state index in [9.17, 15) is 19.8 Å². The third kappa shape index (κ3) is 4.08. The van der Waals surface area contributed by atoms with E-state index in [4.69, 9.17) is 9.47 Å². The largest absolute Gasteiger partial charge is 0.507 e. The Morgan fingerprint density at radius 1 is 1.10 bits per heavy atom. The summed E-state index contributed by atoms with van der Waals surface area (Å²) in [4.78, 5) is 27.1. The molecule has 2 aromatic rings. The van der Waals surface area contributed by atoms with Crippen LogP contribution in [0.3, 0.4) is 0 Å². The van der Waals surface area contributed by atoms with Crippen molar-refractivity contribution in [3.8, 4) is 17.2 Å². The van der Waals surface area contributed by atoms with Crippen molar-refractivity contribution in [2.45, 2.75) is 33.2 Å². The summed E-state index contributed by atoms with van der Waals surface area (Å²) in [5, 5.41) is 21.3. The van der Waals surface area contributed by atoms with Gasteiger partial charge in [-0.05, 0) is 61.7 Å². The van der Waals surface area contributed by atoms with Gasteiger partial charge < -0.3 is 24.6 Å². The number of benzene rings is 2. The molecule has 1 amide bonds. The number of aliphatic hydroxyl groups is 1. The molecule has 1 unspecified atom stereocenters. The molecule has 164 valence electrons. The first-order valence-corrected chi connectivity index (χ1v) is 10.2. The molecular formula is C24H27NO6. The summed E-state index contributed by atoms with van der Waals surface area (Å²) in [7, 11) is 1.44. The van der Waals surface area contributed by atoms with Crippen molar-refractivity contribution in [2.24, 2.45) is 0 Å². The zero-order chi connectivity index (χ0) is 22.7. The fourth-order valence-electron chi connectivity index (χ4n) is 3.84. The number of aliphatic hydroxyl groups excluding tert-OH is 1. The first kappa shape index (κ1) is 22.2. The van der Waals surface area contributed by atoms with Gasteiger partial charge >= 0.3 is 0 Å². The number of likely N-dealkylation sites (tertiary alicyclic amines) is 1. The highest BCUT2D eigenvalue weighted by Crippen LogP contribution is 2.42. The average molecular weight is 425 g/mol. The lowest BCUT2D eigenvalue weighted by atomic mass is 9.94. The zero-order valence-corrected chi connectivity index (χ0v) is 18.1. The minimum absolute atomic E-state index is 0.00780. The second-order valence-corrected chi connectivity index (χ2v) is 7.34. The molecule has 1 aliphatic rings. The third-order valence-electron chi connectivity index (χ3n) is 5.27. The lowest BCUT2D eigenvalue weighted by Crippen LogP contribution is -2.30. The number of amides is 1. The Bertz CT molecular complexity index is 1040. The van der Waals surface area contributed by atoms with Crippen LogP contribution in [0.2, 0.25) is 0 Å². The number of ketones is 1. The van der Waals surface area contributed by atoms with Gasteiger partial charge in [0.2, 0.25) is 0 Å². The number of aryl methyl sites for hydroxylation is 1. The topological polar surface area (TPSA) is 96.3 Å². The molecule has 3 rings (SSSR count). The number of nitrogens with zero attached hydrogens (tertiary/aromatic N) is 1. The predicted molar refractivity (Wildman–Crippen MR) is 116 cm³/mol. The van der Waals surface area contributed by atoms with Gasteiger partial charge in [0.05, 0.1) is 25.3 Å². The Balaban J connectivity index is 2.17. The lowest BCUT2D eigenvalue weighted by Gasteiger charge is -2.25. The smallest absolute Gasteiger partial charge is 0.295 e. The number of carbonyl (C=O) groups excluding carboxylic acids is 2. The number of Topliss-reactive ketones (excluding diaryl/α,β-unsaturated/α-hetero) is 1. The fraction of sp³-hybridized carbons (Fsp3) is 0.333. The predicted octanol–water partition coefficient (Wildman–Crippen LogP) is 3.94. The van der Waals surface area contributed by atoms with E-state index < -0.39 is 17.7 Å².